The van der Waals surface area contributed by atoms with Gasteiger partial charge in [0.15, 0.2) is 0 Å². The summed E-state index contributed by atoms with van der Waals surface area (Å²) in [7, 11) is 0. The van der Waals surface area contributed by atoms with Crippen LogP contribution in [-0.4, -0.2) is 17.8 Å². The molecule has 2 atom stereocenters. The molecule has 0 saturated heterocycles. The zero-order chi connectivity index (χ0) is 12.8. The maximum Gasteiger partial charge on any atom is 0.109 e. The summed E-state index contributed by atoms with van der Waals surface area (Å²) in [5, 5.41) is 10.6. The van der Waals surface area contributed by atoms with Crippen molar-refractivity contribution in [2.75, 3.05) is 6.61 Å². The molecule has 2 nitrogen and oxygen atoms in total. The lowest BCUT2D eigenvalue weighted by molar-refractivity contribution is -0.0671. The van der Waals surface area contributed by atoms with E-state index in [0.717, 1.165) is 18.4 Å². The fourth-order valence-electron chi connectivity index (χ4n) is 2.94. The maximum absolute atomic E-state index is 10.6. The average Bonchev–Trinajstić information content (AvgIpc) is 2.46. The zero-order valence-electron chi connectivity index (χ0n) is 11.2. The Kier molecular flexibility index (Phi) is 5.21. The Labute approximate surface area is 110 Å². The summed E-state index contributed by atoms with van der Waals surface area (Å²) in [6, 6.07) is 10.1. The molecule has 1 aromatic carbocycles. The van der Waals surface area contributed by atoms with E-state index in [-0.39, 0.29) is 12.2 Å². The van der Waals surface area contributed by atoms with Crippen LogP contribution in [0.4, 0.5) is 0 Å². The molecular formula is C16H24O2. The van der Waals surface area contributed by atoms with E-state index in [1.807, 2.05) is 37.3 Å². The van der Waals surface area contributed by atoms with Crippen LogP contribution in [0.1, 0.15) is 50.7 Å². The van der Waals surface area contributed by atoms with Crippen LogP contribution in [0.3, 0.4) is 0 Å². The van der Waals surface area contributed by atoms with Crippen molar-refractivity contribution in [3.63, 3.8) is 0 Å². The summed E-state index contributed by atoms with van der Waals surface area (Å²) >= 11 is 0. The number of hydrogen-bond acceptors (Lipinski definition) is 2. The van der Waals surface area contributed by atoms with Gasteiger partial charge in [-0.3, -0.25) is 0 Å². The van der Waals surface area contributed by atoms with Crippen molar-refractivity contribution in [3.8, 4) is 0 Å². The fraction of sp³-hybridized carbons (Fsp3) is 0.625. The van der Waals surface area contributed by atoms with Crippen molar-refractivity contribution >= 4 is 0 Å². The molecule has 2 unspecified atom stereocenters. The van der Waals surface area contributed by atoms with Crippen LogP contribution in [-0.2, 0) is 4.74 Å². The van der Waals surface area contributed by atoms with Crippen molar-refractivity contribution in [1.29, 1.82) is 0 Å². The maximum atomic E-state index is 10.6. The lowest BCUT2D eigenvalue weighted by Gasteiger charge is -2.32. The second-order valence-corrected chi connectivity index (χ2v) is 5.18. The number of rotatable bonds is 5. The zero-order valence-corrected chi connectivity index (χ0v) is 11.2. The molecule has 18 heavy (non-hydrogen) atoms. The van der Waals surface area contributed by atoms with Crippen LogP contribution >= 0.6 is 0 Å². The minimum Gasteiger partial charge on any atom is -0.390 e. The van der Waals surface area contributed by atoms with Gasteiger partial charge in [0, 0.05) is 6.61 Å². The Morgan fingerprint density at radius 2 is 1.83 bits per heavy atom. The molecule has 0 amide bonds. The Hall–Kier alpha value is -0.860. The minimum atomic E-state index is -0.368. The summed E-state index contributed by atoms with van der Waals surface area (Å²) in [6.45, 7) is 2.63. The van der Waals surface area contributed by atoms with Gasteiger partial charge < -0.3 is 9.84 Å². The molecule has 100 valence electrons. The lowest BCUT2D eigenvalue weighted by atomic mass is 9.82. The van der Waals surface area contributed by atoms with E-state index in [9.17, 15) is 5.11 Å². The van der Waals surface area contributed by atoms with Crippen molar-refractivity contribution in [3.05, 3.63) is 35.9 Å². The van der Waals surface area contributed by atoms with E-state index >= 15 is 0 Å². The van der Waals surface area contributed by atoms with Crippen LogP contribution in [0.5, 0.6) is 0 Å². The molecule has 1 aliphatic carbocycles. The average molecular weight is 248 g/mol. The van der Waals surface area contributed by atoms with Crippen LogP contribution in [0.2, 0.25) is 0 Å². The van der Waals surface area contributed by atoms with Gasteiger partial charge in [0.2, 0.25) is 0 Å². The highest BCUT2D eigenvalue weighted by Gasteiger charge is 2.30. The normalized spacial score (nSPS) is 20.6. The standard InChI is InChI=1S/C16H24O2/c1-2-18-16(14-11-7-4-8-12-14)15(17)13-9-5-3-6-10-13/h4,7-8,11-13,15-17H,2-3,5-6,9-10H2,1H3. The molecule has 1 aromatic rings. The van der Waals surface area contributed by atoms with Gasteiger partial charge in [-0.1, -0.05) is 49.6 Å². The summed E-state index contributed by atoms with van der Waals surface area (Å²) in [5.74, 6) is 0.399. The molecule has 2 heteroatoms. The van der Waals surface area contributed by atoms with Gasteiger partial charge in [0.05, 0.1) is 6.10 Å². The van der Waals surface area contributed by atoms with Crippen LogP contribution in [0, 0.1) is 5.92 Å². The molecule has 1 fully saturated rings. The third-order valence-corrected chi connectivity index (χ3v) is 3.92. The van der Waals surface area contributed by atoms with Crippen molar-refractivity contribution in [1.82, 2.24) is 0 Å². The first kappa shape index (κ1) is 13.6. The highest BCUT2D eigenvalue weighted by atomic mass is 16.5. The Bertz CT molecular complexity index is 330. The Morgan fingerprint density at radius 3 is 2.44 bits per heavy atom. The molecular weight excluding hydrogens is 224 g/mol. The molecule has 0 aromatic heterocycles. The summed E-state index contributed by atoms with van der Waals surface area (Å²) in [6.07, 6.45) is 5.54. The van der Waals surface area contributed by atoms with Gasteiger partial charge in [-0.15, -0.1) is 0 Å². The molecule has 0 spiro atoms. The van der Waals surface area contributed by atoms with Crippen molar-refractivity contribution in [2.24, 2.45) is 5.92 Å². The summed E-state index contributed by atoms with van der Waals surface area (Å²) in [5.41, 5.74) is 1.09. The second-order valence-electron chi connectivity index (χ2n) is 5.18. The number of aliphatic hydroxyl groups excluding tert-OH is 1. The van der Waals surface area contributed by atoms with E-state index < -0.39 is 0 Å². The predicted octanol–water partition coefficient (Wildman–Crippen LogP) is 3.71. The Balaban J connectivity index is 2.08. The highest BCUT2D eigenvalue weighted by Crippen LogP contribution is 2.34. The first-order valence-electron chi connectivity index (χ1n) is 7.17. The van der Waals surface area contributed by atoms with E-state index in [4.69, 9.17) is 4.74 Å². The minimum absolute atomic E-state index is 0.167. The number of aliphatic hydroxyl groups is 1. The molecule has 0 bridgehead atoms. The van der Waals surface area contributed by atoms with Crippen molar-refractivity contribution in [2.45, 2.75) is 51.2 Å². The molecule has 1 saturated carbocycles. The van der Waals surface area contributed by atoms with E-state index in [1.165, 1.54) is 19.3 Å². The number of benzene rings is 1. The van der Waals surface area contributed by atoms with Gasteiger partial charge in [-0.05, 0) is 31.2 Å². The summed E-state index contributed by atoms with van der Waals surface area (Å²) in [4.78, 5) is 0. The SMILES string of the molecule is CCOC(c1ccccc1)C(O)C1CCCCC1. The quantitative estimate of drug-likeness (QED) is 0.861. The highest BCUT2D eigenvalue weighted by molar-refractivity contribution is 5.19. The number of ether oxygens (including phenoxy) is 1. The monoisotopic (exact) mass is 248 g/mol. The molecule has 0 heterocycles. The van der Waals surface area contributed by atoms with E-state index in [1.54, 1.807) is 0 Å². The van der Waals surface area contributed by atoms with Crippen LogP contribution < -0.4 is 0 Å². The molecule has 0 radical (unpaired) electrons. The second kappa shape index (κ2) is 6.91. The third kappa shape index (κ3) is 3.33. The predicted molar refractivity (Wildman–Crippen MR) is 73.4 cm³/mol. The lowest BCUT2D eigenvalue weighted by Crippen LogP contribution is -2.31. The Morgan fingerprint density at radius 1 is 1.17 bits per heavy atom. The number of hydrogen-bond donors (Lipinski definition) is 1. The van der Waals surface area contributed by atoms with Gasteiger partial charge in [0.25, 0.3) is 0 Å². The largest absolute Gasteiger partial charge is 0.390 e. The third-order valence-electron chi connectivity index (χ3n) is 3.92. The van der Waals surface area contributed by atoms with Crippen LogP contribution in [0.15, 0.2) is 30.3 Å². The molecule has 2 rings (SSSR count). The van der Waals surface area contributed by atoms with Gasteiger partial charge in [-0.2, -0.15) is 0 Å². The van der Waals surface area contributed by atoms with Gasteiger partial charge in [-0.25, -0.2) is 0 Å². The topological polar surface area (TPSA) is 29.5 Å². The fourth-order valence-corrected chi connectivity index (χ4v) is 2.94. The smallest absolute Gasteiger partial charge is 0.109 e. The summed E-state index contributed by atoms with van der Waals surface area (Å²) < 4.78 is 5.79. The van der Waals surface area contributed by atoms with E-state index in [0.29, 0.717) is 12.5 Å². The molecule has 1 N–H and O–H groups in total. The van der Waals surface area contributed by atoms with Crippen LogP contribution in [0.25, 0.3) is 0 Å². The van der Waals surface area contributed by atoms with E-state index in [2.05, 4.69) is 0 Å². The molecule has 1 aliphatic rings. The van der Waals surface area contributed by atoms with Gasteiger partial charge >= 0.3 is 0 Å². The first-order valence-corrected chi connectivity index (χ1v) is 7.17. The van der Waals surface area contributed by atoms with Crippen molar-refractivity contribution < 1.29 is 9.84 Å². The molecule has 0 aliphatic heterocycles. The first-order chi connectivity index (χ1) is 8.83. The van der Waals surface area contributed by atoms with Gasteiger partial charge in [0.1, 0.15) is 6.10 Å².